The predicted molar refractivity (Wildman–Crippen MR) is 165 cm³/mol. The topological polar surface area (TPSA) is 133 Å². The fourth-order valence-electron chi connectivity index (χ4n) is 4.27. The molecule has 0 saturated heterocycles. The second-order valence-electron chi connectivity index (χ2n) is 9.27. The van der Waals surface area contributed by atoms with E-state index in [4.69, 9.17) is 16.0 Å². The number of hydrogen-bond acceptors (Lipinski definition) is 8. The lowest BCUT2D eigenvalue weighted by Gasteiger charge is -2.11. The lowest BCUT2D eigenvalue weighted by Crippen LogP contribution is -2.29. The van der Waals surface area contributed by atoms with E-state index in [1.54, 1.807) is 48.9 Å². The van der Waals surface area contributed by atoms with Gasteiger partial charge in [0, 0.05) is 51.8 Å². The summed E-state index contributed by atoms with van der Waals surface area (Å²) in [4.78, 5) is 44.4. The number of rotatable bonds is 4. The van der Waals surface area contributed by atoms with Gasteiger partial charge in [-0.05, 0) is 66.2 Å². The van der Waals surface area contributed by atoms with Crippen molar-refractivity contribution in [3.8, 4) is 11.5 Å². The van der Waals surface area contributed by atoms with Gasteiger partial charge in [0.1, 0.15) is 48.2 Å². The van der Waals surface area contributed by atoms with Gasteiger partial charge in [-0.3, -0.25) is 29.5 Å². The van der Waals surface area contributed by atoms with E-state index in [2.05, 4.69) is 51.3 Å². The number of aromatic nitrogens is 4. The van der Waals surface area contributed by atoms with Gasteiger partial charge in [-0.2, -0.15) is 0 Å². The summed E-state index contributed by atoms with van der Waals surface area (Å²) in [5.41, 5.74) is 4.56. The molecule has 0 aromatic carbocycles. The zero-order chi connectivity index (χ0) is 28.9. The van der Waals surface area contributed by atoms with Gasteiger partial charge in [0.2, 0.25) is 5.69 Å². The summed E-state index contributed by atoms with van der Waals surface area (Å²) in [6.45, 7) is 11.4. The molecule has 6 heterocycles. The molecular formula is C31H32BrN7O4. The first kappa shape index (κ1) is 32.6. The molecule has 0 aliphatic carbocycles. The van der Waals surface area contributed by atoms with Gasteiger partial charge in [-0.1, -0.05) is 14.9 Å². The quantitative estimate of drug-likeness (QED) is 0.263. The van der Waals surface area contributed by atoms with Gasteiger partial charge in [-0.25, -0.2) is 4.85 Å². The van der Waals surface area contributed by atoms with E-state index >= 15 is 0 Å². The van der Waals surface area contributed by atoms with Crippen LogP contribution in [0.2, 0.25) is 0 Å². The van der Waals surface area contributed by atoms with Crippen molar-refractivity contribution in [1.29, 1.82) is 0 Å². The molecule has 2 unspecified atom stereocenters. The van der Waals surface area contributed by atoms with E-state index in [0.717, 1.165) is 21.6 Å². The number of halogens is 1. The average molecular weight is 647 g/mol. The Labute approximate surface area is 259 Å². The number of hydrogen-bond donors (Lipinski definition) is 2. The maximum Gasteiger partial charge on any atom is 0.252 e. The van der Waals surface area contributed by atoms with Crippen LogP contribution in [0.25, 0.3) is 4.85 Å². The molecule has 12 heteroatoms. The zero-order valence-corrected chi connectivity index (χ0v) is 23.7. The van der Waals surface area contributed by atoms with Crippen LogP contribution in [0.1, 0.15) is 70.4 Å². The molecule has 4 aromatic rings. The highest BCUT2D eigenvalue weighted by Crippen LogP contribution is 2.34. The summed E-state index contributed by atoms with van der Waals surface area (Å²) in [5.74, 6) is 0.912. The van der Waals surface area contributed by atoms with Crippen molar-refractivity contribution in [2.45, 2.75) is 40.8 Å². The molecule has 0 fully saturated rings. The molecule has 2 atom stereocenters. The number of nitrogens with one attached hydrogen (secondary N) is 2. The molecule has 4 aromatic heterocycles. The van der Waals surface area contributed by atoms with Crippen molar-refractivity contribution in [1.82, 2.24) is 30.6 Å². The number of nitrogens with zero attached hydrogens (tertiary/aromatic N) is 5. The molecule has 0 spiro atoms. The van der Waals surface area contributed by atoms with Crippen LogP contribution in [0.15, 0.2) is 65.7 Å². The number of carbonyl (C=O) groups excluding carboxylic acids is 2. The molecule has 2 amide bonds. The van der Waals surface area contributed by atoms with E-state index in [1.807, 2.05) is 19.9 Å². The smallest absolute Gasteiger partial charge is 0.252 e. The zero-order valence-electron chi connectivity index (χ0n) is 22.1. The lowest BCUT2D eigenvalue weighted by molar-refractivity contribution is 0.0921. The van der Waals surface area contributed by atoms with Crippen LogP contribution in [0.3, 0.4) is 0 Å². The van der Waals surface area contributed by atoms with Gasteiger partial charge in [-0.15, -0.1) is 0 Å². The highest BCUT2D eigenvalue weighted by Gasteiger charge is 2.29. The van der Waals surface area contributed by atoms with E-state index < -0.39 is 0 Å². The highest BCUT2D eigenvalue weighted by atomic mass is 79.9. The van der Waals surface area contributed by atoms with Gasteiger partial charge in [0.05, 0.1) is 6.57 Å². The van der Waals surface area contributed by atoms with Crippen molar-refractivity contribution >= 4 is 33.4 Å². The number of ether oxygens (including phenoxy) is 2. The minimum Gasteiger partial charge on any atom is -0.490 e. The van der Waals surface area contributed by atoms with Crippen molar-refractivity contribution in [2.24, 2.45) is 0 Å². The summed E-state index contributed by atoms with van der Waals surface area (Å²) in [6.07, 6.45) is 6.40. The third kappa shape index (κ3) is 7.69. The molecule has 2 aliphatic heterocycles. The first-order valence-corrected chi connectivity index (χ1v) is 13.4. The normalized spacial score (nSPS) is 15.3. The Morgan fingerprint density at radius 3 is 1.79 bits per heavy atom. The van der Waals surface area contributed by atoms with Crippen LogP contribution < -0.4 is 20.1 Å². The Morgan fingerprint density at radius 1 is 0.814 bits per heavy atom. The summed E-state index contributed by atoms with van der Waals surface area (Å²) in [5, 5.41) is 5.81. The number of fused-ring (bicyclic) bond motifs is 2. The predicted octanol–water partition coefficient (Wildman–Crippen LogP) is 5.88. The van der Waals surface area contributed by atoms with E-state index in [-0.39, 0.29) is 38.8 Å². The molecule has 0 bridgehead atoms. The first-order valence-electron chi connectivity index (χ1n) is 12.6. The van der Waals surface area contributed by atoms with Crippen LogP contribution in [-0.2, 0) is 0 Å². The number of carbonyl (C=O) groups is 2. The van der Waals surface area contributed by atoms with Crippen LogP contribution in [0.5, 0.6) is 11.5 Å². The Bertz CT molecular complexity index is 1670. The van der Waals surface area contributed by atoms with Crippen LogP contribution >= 0.6 is 15.9 Å². The summed E-state index contributed by atoms with van der Waals surface area (Å²) >= 11 is 3.34. The molecule has 11 nitrogen and oxygen atoms in total. The molecule has 0 saturated carbocycles. The monoisotopic (exact) mass is 645 g/mol. The van der Waals surface area contributed by atoms with Gasteiger partial charge >= 0.3 is 0 Å². The summed E-state index contributed by atoms with van der Waals surface area (Å²) < 4.78 is 11.9. The average Bonchev–Trinajstić information content (AvgIpc) is 3.56. The third-order valence-electron chi connectivity index (χ3n) is 6.24. The lowest BCUT2D eigenvalue weighted by atomic mass is 10.1. The number of pyridine rings is 4. The van der Waals surface area contributed by atoms with E-state index in [1.165, 1.54) is 6.20 Å². The number of amides is 2. The Balaban J connectivity index is 0.000000225. The minimum absolute atomic E-state index is 0. The van der Waals surface area contributed by atoms with Gasteiger partial charge in [0.25, 0.3) is 11.8 Å². The third-order valence-corrected chi connectivity index (χ3v) is 6.68. The second kappa shape index (κ2) is 14.3. The van der Waals surface area contributed by atoms with E-state index in [9.17, 15) is 9.59 Å². The van der Waals surface area contributed by atoms with E-state index in [0.29, 0.717) is 47.2 Å². The van der Waals surface area contributed by atoms with Crippen molar-refractivity contribution in [2.75, 3.05) is 13.2 Å². The Kier molecular flexibility index (Phi) is 10.9. The van der Waals surface area contributed by atoms with Crippen LogP contribution in [0, 0.1) is 20.4 Å². The molecule has 2 N–H and O–H groups in total. The number of aryl methyl sites for hydroxylation is 2. The fraction of sp³-hybridized carbons (Fsp3) is 0.258. The first-order chi connectivity index (χ1) is 19.8. The Hall–Kier alpha value is -4.89. The molecule has 6 rings (SSSR count). The van der Waals surface area contributed by atoms with Crippen molar-refractivity contribution in [3.05, 3.63) is 111 Å². The van der Waals surface area contributed by atoms with Gasteiger partial charge < -0.3 is 20.1 Å². The molecule has 43 heavy (non-hydrogen) atoms. The van der Waals surface area contributed by atoms with Crippen LogP contribution in [-0.4, -0.2) is 45.0 Å². The Morgan fingerprint density at radius 2 is 1.30 bits per heavy atom. The van der Waals surface area contributed by atoms with Crippen molar-refractivity contribution < 1.29 is 19.1 Å². The van der Waals surface area contributed by atoms with Crippen LogP contribution in [0.4, 0.5) is 5.69 Å². The maximum absolute atomic E-state index is 12.2. The summed E-state index contributed by atoms with van der Waals surface area (Å²) in [6, 6.07) is 9.79. The summed E-state index contributed by atoms with van der Waals surface area (Å²) in [7, 11) is 0. The highest BCUT2D eigenvalue weighted by molar-refractivity contribution is 9.10. The SMILES string of the molecule is C.C.Cc1cc(C(=O)NC2COc3cc(Br)cnc32)ccn1.[C-]#[N+]c1cnc2c(c1)OCC2NC(=O)c1ccnc(C)c1. The molecule has 222 valence electrons. The van der Waals surface area contributed by atoms with Gasteiger partial charge in [0.15, 0.2) is 0 Å². The molecule has 0 radical (unpaired) electrons. The fourth-order valence-corrected chi connectivity index (χ4v) is 4.58. The maximum atomic E-state index is 12.2. The minimum atomic E-state index is -0.305. The largest absolute Gasteiger partial charge is 0.490 e. The second-order valence-corrected chi connectivity index (χ2v) is 10.2. The molecule has 2 aliphatic rings. The standard InChI is InChI=1S/C15H12N4O2.C14H12BrN3O2.2CH4/c1-9-5-10(3-4-17-9)15(20)19-12-8-21-13-6-11(16-2)7-18-14(12)13;1-8-4-9(2-3-16-8)14(19)18-11-7-20-12-5-10(15)6-17-13(11)12;;/h3-7,12H,8H2,1H3,(H,19,20);2-6,11H,7H2,1H3,(H,18,19);2*1H4. The molecular weight excluding hydrogens is 614 g/mol. The van der Waals surface area contributed by atoms with Crippen molar-refractivity contribution in [3.63, 3.8) is 0 Å².